The van der Waals surface area contributed by atoms with Gasteiger partial charge in [-0.2, -0.15) is 0 Å². The molecule has 0 amide bonds. The summed E-state index contributed by atoms with van der Waals surface area (Å²) in [6.07, 6.45) is 0. The highest BCUT2D eigenvalue weighted by atomic mass is 19.1. The highest BCUT2D eigenvalue weighted by molar-refractivity contribution is 5.94. The second-order valence-corrected chi connectivity index (χ2v) is 2.61. The summed E-state index contributed by atoms with van der Waals surface area (Å²) in [6.45, 7) is 6.59. The summed E-state index contributed by atoms with van der Waals surface area (Å²) in [7, 11) is 0. The Morgan fingerprint density at radius 2 is 2.31 bits per heavy atom. The molecule has 0 saturated carbocycles. The first-order valence-electron chi connectivity index (χ1n) is 3.60. The summed E-state index contributed by atoms with van der Waals surface area (Å²) in [4.78, 5) is 13.9. The summed E-state index contributed by atoms with van der Waals surface area (Å²) < 4.78 is 17.9. The number of hydrogen-bond acceptors (Lipinski definition) is 2. The van der Waals surface area contributed by atoms with Crippen molar-refractivity contribution in [3.8, 4) is 0 Å². The van der Waals surface area contributed by atoms with E-state index >= 15 is 0 Å². The maximum absolute atomic E-state index is 13.3. The number of carbonyl (C=O) groups is 1. The van der Waals surface area contributed by atoms with Crippen molar-refractivity contribution in [3.05, 3.63) is 40.5 Å². The molecule has 0 bridgehead atoms. The molecule has 13 heavy (non-hydrogen) atoms. The predicted molar refractivity (Wildman–Crippen MR) is 41.8 cm³/mol. The van der Waals surface area contributed by atoms with Crippen molar-refractivity contribution in [3.63, 3.8) is 0 Å². The van der Waals surface area contributed by atoms with Crippen LogP contribution in [0, 0.1) is 12.4 Å². The lowest BCUT2D eigenvalue weighted by Gasteiger charge is -1.97. The summed E-state index contributed by atoms with van der Waals surface area (Å²) in [5.41, 5.74) is 0.348. The Kier molecular flexibility index (Phi) is 1.52. The van der Waals surface area contributed by atoms with Gasteiger partial charge in [-0.3, -0.25) is 0 Å². The Morgan fingerprint density at radius 1 is 1.54 bits per heavy atom. The predicted octanol–water partition coefficient (Wildman–Crippen LogP) is 2.05. The van der Waals surface area contributed by atoms with Gasteiger partial charge in [0, 0.05) is 5.56 Å². The van der Waals surface area contributed by atoms with Gasteiger partial charge in [0.2, 0.25) is 5.69 Å². The van der Waals surface area contributed by atoms with Crippen LogP contribution >= 0.6 is 0 Å². The molecule has 1 aliphatic rings. The minimum atomic E-state index is -0.640. The van der Waals surface area contributed by atoms with E-state index < -0.39 is 11.8 Å². The second-order valence-electron chi connectivity index (χ2n) is 2.61. The number of benzene rings is 1. The number of carbonyl (C=O) groups excluding carboxylic acids is 1. The van der Waals surface area contributed by atoms with Gasteiger partial charge in [0.25, 0.3) is 0 Å². The van der Waals surface area contributed by atoms with Crippen molar-refractivity contribution < 1.29 is 13.9 Å². The van der Waals surface area contributed by atoms with Crippen molar-refractivity contribution in [1.82, 2.24) is 0 Å². The molecule has 2 rings (SSSR count). The largest absolute Gasteiger partial charge is 0.457 e. The van der Waals surface area contributed by atoms with Crippen LogP contribution < -0.4 is 0 Å². The minimum Gasteiger partial charge on any atom is -0.457 e. The molecule has 0 radical (unpaired) electrons. The van der Waals surface area contributed by atoms with Crippen LogP contribution in [0.1, 0.15) is 15.9 Å². The molecule has 1 aliphatic heterocycles. The smallest absolute Gasteiger partial charge is 0.338 e. The molecule has 0 aliphatic carbocycles. The summed E-state index contributed by atoms with van der Waals surface area (Å²) >= 11 is 0. The summed E-state index contributed by atoms with van der Waals surface area (Å²) in [5.74, 6) is -1.16. The first-order valence-corrected chi connectivity index (χ1v) is 3.60. The molecule has 1 heterocycles. The van der Waals surface area contributed by atoms with Gasteiger partial charge in [0.05, 0.1) is 12.1 Å². The first-order chi connectivity index (χ1) is 6.24. The number of ether oxygens (including phenoxy) is 1. The van der Waals surface area contributed by atoms with Crippen molar-refractivity contribution >= 4 is 11.7 Å². The molecule has 0 atom stereocenters. The van der Waals surface area contributed by atoms with Crippen LogP contribution in [0.4, 0.5) is 10.1 Å². The lowest BCUT2D eigenvalue weighted by molar-refractivity contribution is 0.0534. The molecule has 0 saturated heterocycles. The second kappa shape index (κ2) is 2.56. The zero-order valence-electron chi connectivity index (χ0n) is 6.50. The van der Waals surface area contributed by atoms with Crippen LogP contribution in [-0.4, -0.2) is 5.97 Å². The normalized spacial score (nSPS) is 13.4. The number of hydrogen-bond donors (Lipinski definition) is 0. The molecule has 0 aromatic heterocycles. The fourth-order valence-corrected chi connectivity index (χ4v) is 1.24. The van der Waals surface area contributed by atoms with Crippen molar-refractivity contribution in [2.24, 2.45) is 0 Å². The lowest BCUT2D eigenvalue weighted by atomic mass is 10.1. The monoisotopic (exact) mass is 177 g/mol. The average Bonchev–Trinajstić information content (AvgIpc) is 2.50. The first kappa shape index (κ1) is 7.74. The van der Waals surface area contributed by atoms with E-state index in [1.807, 2.05) is 0 Å². The summed E-state index contributed by atoms with van der Waals surface area (Å²) in [6, 6.07) is 2.70. The van der Waals surface area contributed by atoms with Gasteiger partial charge in [-0.15, -0.1) is 0 Å². The highest BCUT2D eigenvalue weighted by Gasteiger charge is 2.25. The van der Waals surface area contributed by atoms with Crippen LogP contribution in [0.25, 0.3) is 4.85 Å². The van der Waals surface area contributed by atoms with Crippen molar-refractivity contribution in [2.75, 3.05) is 0 Å². The number of halogens is 1. The molecule has 64 valence electrons. The quantitative estimate of drug-likeness (QED) is 0.448. The number of nitrogens with zero attached hydrogens (tertiary/aromatic N) is 1. The van der Waals surface area contributed by atoms with E-state index in [0.717, 1.165) is 0 Å². The molecule has 0 spiro atoms. The number of esters is 1. The number of cyclic esters (lactones) is 1. The molecule has 1 aromatic rings. The Labute approximate surface area is 73.6 Å². The van der Waals surface area contributed by atoms with Gasteiger partial charge in [-0.05, 0) is 0 Å². The fraction of sp³-hybridized carbons (Fsp3) is 0.111. The van der Waals surface area contributed by atoms with Crippen LogP contribution in [-0.2, 0) is 11.3 Å². The summed E-state index contributed by atoms with van der Waals surface area (Å²) in [5, 5.41) is 0. The van der Waals surface area contributed by atoms with E-state index in [0.29, 0.717) is 0 Å². The molecular formula is C9H4FNO2. The van der Waals surface area contributed by atoms with Gasteiger partial charge < -0.3 is 4.74 Å². The molecule has 0 N–H and O–H groups in total. The topological polar surface area (TPSA) is 30.7 Å². The van der Waals surface area contributed by atoms with E-state index in [9.17, 15) is 9.18 Å². The number of fused-ring (bicyclic) bond motifs is 1. The van der Waals surface area contributed by atoms with Gasteiger partial charge in [-0.25, -0.2) is 14.0 Å². The Bertz CT molecular complexity index is 434. The average molecular weight is 177 g/mol. The maximum Gasteiger partial charge on any atom is 0.338 e. The van der Waals surface area contributed by atoms with Gasteiger partial charge >= 0.3 is 5.97 Å². The van der Waals surface area contributed by atoms with Crippen molar-refractivity contribution in [2.45, 2.75) is 6.61 Å². The molecule has 0 fully saturated rings. The fourth-order valence-electron chi connectivity index (χ4n) is 1.24. The van der Waals surface area contributed by atoms with Gasteiger partial charge in [-0.1, -0.05) is 12.1 Å². The van der Waals surface area contributed by atoms with E-state index in [-0.39, 0.29) is 23.4 Å². The van der Waals surface area contributed by atoms with E-state index in [4.69, 9.17) is 6.57 Å². The Balaban J connectivity index is 2.68. The van der Waals surface area contributed by atoms with Crippen LogP contribution in [0.15, 0.2) is 12.1 Å². The standard InChI is InChI=1S/C9H4FNO2/c1-11-7-3-2-5-6(8(7)10)4-13-9(5)12/h2-3H,4H2. The molecule has 4 heteroatoms. The van der Waals surface area contributed by atoms with E-state index in [1.165, 1.54) is 12.1 Å². The van der Waals surface area contributed by atoms with Gasteiger partial charge in [0.15, 0.2) is 0 Å². The van der Waals surface area contributed by atoms with Crippen LogP contribution in [0.5, 0.6) is 0 Å². The maximum atomic E-state index is 13.3. The van der Waals surface area contributed by atoms with E-state index in [1.54, 1.807) is 0 Å². The molecule has 0 unspecified atom stereocenters. The minimum absolute atomic E-state index is 0.0661. The third-order valence-electron chi connectivity index (χ3n) is 1.91. The zero-order valence-corrected chi connectivity index (χ0v) is 6.50. The lowest BCUT2D eigenvalue weighted by Crippen LogP contribution is -1.93. The number of rotatable bonds is 0. The Morgan fingerprint density at radius 3 is 3.00 bits per heavy atom. The van der Waals surface area contributed by atoms with Crippen molar-refractivity contribution in [1.29, 1.82) is 0 Å². The molecular weight excluding hydrogens is 173 g/mol. The van der Waals surface area contributed by atoms with Gasteiger partial charge in [0.1, 0.15) is 12.4 Å². The van der Waals surface area contributed by atoms with Crippen LogP contribution in [0.3, 0.4) is 0 Å². The molecule has 3 nitrogen and oxygen atoms in total. The highest BCUT2D eigenvalue weighted by Crippen LogP contribution is 2.29. The zero-order chi connectivity index (χ0) is 9.42. The molecule has 1 aromatic carbocycles. The Hall–Kier alpha value is -1.89. The van der Waals surface area contributed by atoms with E-state index in [2.05, 4.69) is 9.58 Å². The third-order valence-corrected chi connectivity index (χ3v) is 1.91. The SMILES string of the molecule is [C-]#[N+]c1ccc2c(c1F)COC2=O. The third kappa shape index (κ3) is 0.975. The van der Waals surface area contributed by atoms with Crippen LogP contribution in [0.2, 0.25) is 0 Å².